The van der Waals surface area contributed by atoms with Crippen LogP contribution in [-0.2, 0) is 4.74 Å². The lowest BCUT2D eigenvalue weighted by Crippen LogP contribution is -2.33. The Morgan fingerprint density at radius 3 is 3.12 bits per heavy atom. The van der Waals surface area contributed by atoms with Gasteiger partial charge in [-0.1, -0.05) is 15.9 Å². The van der Waals surface area contributed by atoms with E-state index >= 15 is 0 Å². The SMILES string of the molecule is COCCCC1CNc2cc(Br)ccc2N1. The number of hydrogen-bond donors (Lipinski definition) is 2. The Hall–Kier alpha value is -0.740. The van der Waals surface area contributed by atoms with Crippen molar-refractivity contribution in [2.45, 2.75) is 18.9 Å². The molecule has 0 spiro atoms. The Balaban J connectivity index is 1.93. The van der Waals surface area contributed by atoms with Crippen LogP contribution in [0.1, 0.15) is 12.8 Å². The minimum Gasteiger partial charge on any atom is -0.385 e. The third-order valence-electron chi connectivity index (χ3n) is 2.78. The smallest absolute Gasteiger partial charge is 0.0588 e. The topological polar surface area (TPSA) is 33.3 Å². The zero-order valence-electron chi connectivity index (χ0n) is 9.42. The molecule has 1 aliphatic rings. The van der Waals surface area contributed by atoms with Crippen molar-refractivity contribution in [1.29, 1.82) is 0 Å². The molecule has 88 valence electrons. The van der Waals surface area contributed by atoms with E-state index in [4.69, 9.17) is 4.74 Å². The van der Waals surface area contributed by atoms with Gasteiger partial charge in [-0.25, -0.2) is 0 Å². The van der Waals surface area contributed by atoms with E-state index in [1.165, 1.54) is 11.4 Å². The molecule has 16 heavy (non-hydrogen) atoms. The van der Waals surface area contributed by atoms with Crippen LogP contribution in [0.25, 0.3) is 0 Å². The zero-order chi connectivity index (χ0) is 11.4. The molecule has 1 heterocycles. The van der Waals surface area contributed by atoms with E-state index in [0.29, 0.717) is 6.04 Å². The largest absolute Gasteiger partial charge is 0.385 e. The first-order chi connectivity index (χ1) is 7.79. The van der Waals surface area contributed by atoms with Crippen LogP contribution in [-0.4, -0.2) is 26.3 Å². The summed E-state index contributed by atoms with van der Waals surface area (Å²) in [5, 5.41) is 6.99. The highest BCUT2D eigenvalue weighted by Gasteiger charge is 2.16. The average molecular weight is 285 g/mol. The van der Waals surface area contributed by atoms with E-state index in [1.807, 2.05) is 0 Å². The van der Waals surface area contributed by atoms with Gasteiger partial charge in [0, 0.05) is 30.8 Å². The van der Waals surface area contributed by atoms with Crippen LogP contribution < -0.4 is 10.6 Å². The van der Waals surface area contributed by atoms with Crippen LogP contribution in [0.3, 0.4) is 0 Å². The number of benzene rings is 1. The zero-order valence-corrected chi connectivity index (χ0v) is 11.0. The maximum Gasteiger partial charge on any atom is 0.0588 e. The van der Waals surface area contributed by atoms with Crippen LogP contribution in [0.4, 0.5) is 11.4 Å². The van der Waals surface area contributed by atoms with Gasteiger partial charge in [-0.05, 0) is 31.0 Å². The molecule has 4 heteroatoms. The summed E-state index contributed by atoms with van der Waals surface area (Å²) in [4.78, 5) is 0. The van der Waals surface area contributed by atoms with E-state index in [0.717, 1.165) is 30.5 Å². The van der Waals surface area contributed by atoms with Gasteiger partial charge >= 0.3 is 0 Å². The molecule has 0 amide bonds. The number of fused-ring (bicyclic) bond motifs is 1. The van der Waals surface area contributed by atoms with Crippen molar-refractivity contribution in [2.75, 3.05) is 30.9 Å². The summed E-state index contributed by atoms with van der Waals surface area (Å²) in [7, 11) is 1.75. The molecule has 2 N–H and O–H groups in total. The molecule has 1 aliphatic heterocycles. The number of rotatable bonds is 4. The predicted molar refractivity (Wildman–Crippen MR) is 71.2 cm³/mol. The number of methoxy groups -OCH3 is 1. The molecule has 1 atom stereocenters. The van der Waals surface area contributed by atoms with Crippen LogP contribution in [0.15, 0.2) is 22.7 Å². The van der Waals surface area contributed by atoms with Crippen molar-refractivity contribution in [2.24, 2.45) is 0 Å². The number of hydrogen-bond acceptors (Lipinski definition) is 3. The highest BCUT2D eigenvalue weighted by atomic mass is 79.9. The summed E-state index contributed by atoms with van der Waals surface area (Å²) < 4.78 is 6.17. The number of anilines is 2. The third kappa shape index (κ3) is 2.89. The minimum absolute atomic E-state index is 0.504. The molecule has 0 aromatic heterocycles. The van der Waals surface area contributed by atoms with E-state index in [9.17, 15) is 0 Å². The highest BCUT2D eigenvalue weighted by Crippen LogP contribution is 2.29. The quantitative estimate of drug-likeness (QED) is 0.834. The van der Waals surface area contributed by atoms with Crippen molar-refractivity contribution in [1.82, 2.24) is 0 Å². The van der Waals surface area contributed by atoms with Gasteiger partial charge in [0.2, 0.25) is 0 Å². The summed E-state index contributed by atoms with van der Waals surface area (Å²) in [6.07, 6.45) is 2.23. The average Bonchev–Trinajstić information content (AvgIpc) is 2.29. The number of ether oxygens (including phenoxy) is 1. The summed E-state index contributed by atoms with van der Waals surface area (Å²) >= 11 is 3.47. The van der Waals surface area contributed by atoms with Gasteiger partial charge in [0.15, 0.2) is 0 Å². The second kappa shape index (κ2) is 5.55. The third-order valence-corrected chi connectivity index (χ3v) is 3.27. The lowest BCUT2D eigenvalue weighted by molar-refractivity contribution is 0.191. The Bertz CT molecular complexity index is 357. The monoisotopic (exact) mass is 284 g/mol. The normalized spacial score (nSPS) is 18.5. The Morgan fingerprint density at radius 2 is 2.31 bits per heavy atom. The second-order valence-corrected chi connectivity index (χ2v) is 4.96. The number of halogens is 1. The maximum atomic E-state index is 5.06. The van der Waals surface area contributed by atoms with Crippen molar-refractivity contribution < 1.29 is 4.74 Å². The van der Waals surface area contributed by atoms with E-state index in [1.54, 1.807) is 7.11 Å². The molecule has 0 radical (unpaired) electrons. The summed E-state index contributed by atoms with van der Waals surface area (Å²) in [6, 6.07) is 6.78. The molecule has 0 saturated heterocycles. The van der Waals surface area contributed by atoms with Gasteiger partial charge < -0.3 is 15.4 Å². The molecule has 0 fully saturated rings. The lowest BCUT2D eigenvalue weighted by atomic mass is 10.1. The van der Waals surface area contributed by atoms with Crippen LogP contribution in [0, 0.1) is 0 Å². The summed E-state index contributed by atoms with van der Waals surface area (Å²) in [5.41, 5.74) is 2.37. The predicted octanol–water partition coefficient (Wildman–Crippen LogP) is 3.08. The van der Waals surface area contributed by atoms with Crippen LogP contribution >= 0.6 is 15.9 Å². The van der Waals surface area contributed by atoms with Crippen molar-refractivity contribution in [3.05, 3.63) is 22.7 Å². The van der Waals surface area contributed by atoms with Crippen molar-refractivity contribution in [3.8, 4) is 0 Å². The fraction of sp³-hybridized carbons (Fsp3) is 0.500. The van der Waals surface area contributed by atoms with Crippen LogP contribution in [0.2, 0.25) is 0 Å². The second-order valence-electron chi connectivity index (χ2n) is 4.05. The summed E-state index contributed by atoms with van der Waals surface area (Å²) in [6.45, 7) is 1.82. The first kappa shape index (κ1) is 11.7. The Morgan fingerprint density at radius 1 is 1.44 bits per heavy atom. The van der Waals surface area contributed by atoms with E-state index in [-0.39, 0.29) is 0 Å². The number of nitrogens with one attached hydrogen (secondary N) is 2. The van der Waals surface area contributed by atoms with Gasteiger partial charge in [-0.3, -0.25) is 0 Å². The van der Waals surface area contributed by atoms with E-state index < -0.39 is 0 Å². The molecule has 2 rings (SSSR count). The Kier molecular flexibility index (Phi) is 4.07. The molecule has 0 bridgehead atoms. The van der Waals surface area contributed by atoms with Gasteiger partial charge in [0.25, 0.3) is 0 Å². The molecule has 3 nitrogen and oxygen atoms in total. The molecular weight excluding hydrogens is 268 g/mol. The first-order valence-corrected chi connectivity index (χ1v) is 6.38. The van der Waals surface area contributed by atoms with Crippen LogP contribution in [0.5, 0.6) is 0 Å². The minimum atomic E-state index is 0.504. The van der Waals surface area contributed by atoms with Crippen molar-refractivity contribution >= 4 is 27.3 Å². The molecule has 0 aliphatic carbocycles. The summed E-state index contributed by atoms with van der Waals surface area (Å²) in [5.74, 6) is 0. The van der Waals surface area contributed by atoms with Gasteiger partial charge in [0.05, 0.1) is 11.4 Å². The van der Waals surface area contributed by atoms with Gasteiger partial charge in [0.1, 0.15) is 0 Å². The fourth-order valence-corrected chi connectivity index (χ4v) is 2.30. The molecule has 1 aromatic carbocycles. The fourth-order valence-electron chi connectivity index (χ4n) is 1.94. The molecular formula is C12H17BrN2O. The van der Waals surface area contributed by atoms with E-state index in [2.05, 4.69) is 44.8 Å². The first-order valence-electron chi connectivity index (χ1n) is 5.58. The maximum absolute atomic E-state index is 5.06. The standard InChI is InChI=1S/C12H17BrN2O/c1-16-6-2-3-10-8-14-12-7-9(13)4-5-11(12)15-10/h4-5,7,10,14-15H,2-3,6,8H2,1H3. The van der Waals surface area contributed by atoms with Gasteiger partial charge in [-0.2, -0.15) is 0 Å². The van der Waals surface area contributed by atoms with Gasteiger partial charge in [-0.15, -0.1) is 0 Å². The lowest BCUT2D eigenvalue weighted by Gasteiger charge is -2.28. The molecule has 1 aromatic rings. The van der Waals surface area contributed by atoms with Crippen molar-refractivity contribution in [3.63, 3.8) is 0 Å². The Labute approximate surface area is 105 Å². The highest BCUT2D eigenvalue weighted by molar-refractivity contribution is 9.10. The molecule has 1 unspecified atom stereocenters. The molecule has 0 saturated carbocycles.